The highest BCUT2D eigenvalue weighted by Crippen LogP contribution is 2.08. The lowest BCUT2D eigenvalue weighted by atomic mass is 10.0. The zero-order chi connectivity index (χ0) is 24.3. The Hall–Kier alpha value is -1.89. The molecule has 0 spiro atoms. The molecule has 12 heteroatoms. The van der Waals surface area contributed by atoms with Crippen LogP contribution in [0.25, 0.3) is 0 Å². The Morgan fingerprint density at radius 3 is 1.84 bits per heavy atom. The predicted octanol–water partition coefficient (Wildman–Crippen LogP) is -1.59. The molecule has 0 rings (SSSR count). The first-order valence-electron chi connectivity index (χ1n) is 10.1. The summed E-state index contributed by atoms with van der Waals surface area (Å²) in [4.78, 5) is 48.9. The van der Waals surface area contributed by atoms with Crippen molar-refractivity contribution in [2.24, 2.45) is 11.7 Å². The third-order valence-electron chi connectivity index (χ3n) is 4.45. The van der Waals surface area contributed by atoms with E-state index in [1.54, 1.807) is 0 Å². The average molecular weight is 465 g/mol. The number of hydrogen-bond acceptors (Lipinski definition) is 8. The van der Waals surface area contributed by atoms with Crippen molar-refractivity contribution >= 4 is 35.5 Å². The van der Waals surface area contributed by atoms with Crippen molar-refractivity contribution in [2.45, 2.75) is 76.9 Å². The molecule has 0 aromatic heterocycles. The fourth-order valence-electron chi connectivity index (χ4n) is 2.60. The number of nitrogens with one attached hydrogen (secondary N) is 3. The fourth-order valence-corrected chi connectivity index (χ4v) is 3.08. The predicted molar refractivity (Wildman–Crippen MR) is 117 cm³/mol. The second-order valence-corrected chi connectivity index (χ2v) is 8.85. The number of carbonyl (C=O) groups is 4. The van der Waals surface area contributed by atoms with Crippen LogP contribution in [-0.2, 0) is 19.2 Å². The molecule has 0 aliphatic carbocycles. The summed E-state index contributed by atoms with van der Waals surface area (Å²) in [6, 6.07) is -4.92. The van der Waals surface area contributed by atoms with Crippen LogP contribution in [0, 0.1) is 5.92 Å². The van der Waals surface area contributed by atoms with E-state index >= 15 is 0 Å². The van der Waals surface area contributed by atoms with Gasteiger partial charge in [0.1, 0.15) is 24.2 Å². The monoisotopic (exact) mass is 464 g/mol. The van der Waals surface area contributed by atoms with Gasteiger partial charge in [0, 0.05) is 0 Å². The van der Waals surface area contributed by atoms with Crippen LogP contribution in [0.1, 0.15) is 40.5 Å². The maximum atomic E-state index is 12.7. The van der Waals surface area contributed by atoms with Gasteiger partial charge in [-0.15, -0.1) is 0 Å². The molecule has 3 amide bonds. The summed E-state index contributed by atoms with van der Waals surface area (Å²) < 4.78 is 0. The van der Waals surface area contributed by atoms with Crippen LogP contribution in [0.5, 0.6) is 0 Å². The molecule has 0 radical (unpaired) electrons. The topological polar surface area (TPSA) is 191 Å². The Morgan fingerprint density at radius 2 is 1.42 bits per heavy atom. The van der Waals surface area contributed by atoms with Gasteiger partial charge in [-0.25, -0.2) is 4.79 Å². The standard InChI is InChI=1S/C19H36N4O7S/c1-9(2)8-13(19(29)30)22-16(26)12(6-7-31-5)21-18(28)15(11(4)25)23-17(27)14(20)10(3)24/h9-15,24-25H,6-8,20H2,1-5H3,(H,21,28)(H,22,26)(H,23,27)(H,29,30). The van der Waals surface area contributed by atoms with E-state index in [2.05, 4.69) is 16.0 Å². The van der Waals surface area contributed by atoms with Crippen LogP contribution >= 0.6 is 11.8 Å². The SMILES string of the molecule is CSCCC(NC(=O)C(NC(=O)C(N)C(C)O)C(C)O)C(=O)NC(CC(C)C)C(=O)O. The molecule has 31 heavy (non-hydrogen) atoms. The van der Waals surface area contributed by atoms with E-state index in [0.29, 0.717) is 5.75 Å². The van der Waals surface area contributed by atoms with E-state index in [4.69, 9.17) is 5.73 Å². The number of aliphatic hydroxyl groups excluding tert-OH is 2. The van der Waals surface area contributed by atoms with Gasteiger partial charge in [0.15, 0.2) is 0 Å². The number of carbonyl (C=O) groups excluding carboxylic acids is 3. The number of amides is 3. The van der Waals surface area contributed by atoms with Crippen LogP contribution in [0.15, 0.2) is 0 Å². The van der Waals surface area contributed by atoms with E-state index in [-0.39, 0.29) is 18.8 Å². The smallest absolute Gasteiger partial charge is 0.326 e. The van der Waals surface area contributed by atoms with Gasteiger partial charge in [-0.05, 0) is 44.6 Å². The van der Waals surface area contributed by atoms with Crippen molar-refractivity contribution in [2.75, 3.05) is 12.0 Å². The quantitative estimate of drug-likeness (QED) is 0.159. The van der Waals surface area contributed by atoms with Gasteiger partial charge in [0.2, 0.25) is 17.7 Å². The van der Waals surface area contributed by atoms with Gasteiger partial charge in [0.25, 0.3) is 0 Å². The number of carboxylic acid groups (broad SMARTS) is 1. The van der Waals surface area contributed by atoms with Crippen LogP contribution in [0.2, 0.25) is 0 Å². The number of carboxylic acids is 1. The highest BCUT2D eigenvalue weighted by Gasteiger charge is 2.33. The molecule has 0 heterocycles. The van der Waals surface area contributed by atoms with E-state index in [1.165, 1.54) is 25.6 Å². The minimum atomic E-state index is -1.42. The van der Waals surface area contributed by atoms with Gasteiger partial charge in [-0.1, -0.05) is 13.8 Å². The van der Waals surface area contributed by atoms with Crippen LogP contribution in [0.4, 0.5) is 0 Å². The first kappa shape index (κ1) is 29.1. The number of aliphatic hydroxyl groups is 2. The summed E-state index contributed by atoms with van der Waals surface area (Å²) in [5.74, 6) is -3.01. The summed E-state index contributed by atoms with van der Waals surface area (Å²) in [5.41, 5.74) is 5.55. The lowest BCUT2D eigenvalue weighted by molar-refractivity contribution is -0.143. The molecule has 0 saturated heterocycles. The normalized spacial score (nSPS) is 17.1. The van der Waals surface area contributed by atoms with Crippen LogP contribution < -0.4 is 21.7 Å². The molecule has 180 valence electrons. The Balaban J connectivity index is 5.40. The Morgan fingerprint density at radius 1 is 0.871 bits per heavy atom. The van der Waals surface area contributed by atoms with Crippen molar-refractivity contribution in [1.82, 2.24) is 16.0 Å². The lowest BCUT2D eigenvalue weighted by Gasteiger charge is -2.27. The maximum Gasteiger partial charge on any atom is 0.326 e. The van der Waals surface area contributed by atoms with E-state index in [0.717, 1.165) is 0 Å². The third-order valence-corrected chi connectivity index (χ3v) is 5.09. The minimum absolute atomic E-state index is 0.0218. The summed E-state index contributed by atoms with van der Waals surface area (Å²) in [7, 11) is 0. The summed E-state index contributed by atoms with van der Waals surface area (Å²) in [6.45, 7) is 6.23. The highest BCUT2D eigenvalue weighted by molar-refractivity contribution is 7.98. The molecule has 0 bridgehead atoms. The number of rotatable bonds is 14. The molecular formula is C19H36N4O7S. The van der Waals surface area contributed by atoms with E-state index in [1.807, 2.05) is 20.1 Å². The largest absolute Gasteiger partial charge is 0.480 e. The van der Waals surface area contributed by atoms with Gasteiger partial charge >= 0.3 is 5.97 Å². The molecular weight excluding hydrogens is 428 g/mol. The van der Waals surface area contributed by atoms with Gasteiger partial charge in [-0.2, -0.15) is 11.8 Å². The van der Waals surface area contributed by atoms with Crippen molar-refractivity contribution in [1.29, 1.82) is 0 Å². The molecule has 11 nitrogen and oxygen atoms in total. The maximum absolute atomic E-state index is 12.7. The highest BCUT2D eigenvalue weighted by atomic mass is 32.2. The number of hydrogen-bond donors (Lipinski definition) is 7. The molecule has 0 fully saturated rings. The molecule has 8 N–H and O–H groups in total. The summed E-state index contributed by atoms with van der Waals surface area (Å²) in [6.07, 6.45) is -0.256. The van der Waals surface area contributed by atoms with E-state index in [9.17, 15) is 34.5 Å². The van der Waals surface area contributed by atoms with Gasteiger partial charge < -0.3 is 37.0 Å². The molecule has 0 aromatic rings. The number of nitrogens with two attached hydrogens (primary N) is 1. The molecule has 0 aliphatic rings. The Bertz CT molecular complexity index is 616. The Kier molecular flexibility index (Phi) is 13.4. The molecule has 6 atom stereocenters. The van der Waals surface area contributed by atoms with E-state index < -0.39 is 60.1 Å². The lowest BCUT2D eigenvalue weighted by Crippen LogP contribution is -2.60. The number of thioether (sulfide) groups is 1. The summed E-state index contributed by atoms with van der Waals surface area (Å²) in [5, 5.41) is 35.9. The average Bonchev–Trinajstić information content (AvgIpc) is 2.66. The third kappa shape index (κ3) is 10.8. The van der Waals surface area contributed by atoms with Crippen molar-refractivity contribution in [3.8, 4) is 0 Å². The number of aliphatic carboxylic acids is 1. The molecule has 0 aliphatic heterocycles. The summed E-state index contributed by atoms with van der Waals surface area (Å²) >= 11 is 1.43. The minimum Gasteiger partial charge on any atom is -0.480 e. The molecule has 6 unspecified atom stereocenters. The van der Waals surface area contributed by atoms with Crippen molar-refractivity contribution in [3.05, 3.63) is 0 Å². The fraction of sp³-hybridized carbons (Fsp3) is 0.789. The van der Waals surface area contributed by atoms with Gasteiger partial charge in [-0.3, -0.25) is 14.4 Å². The van der Waals surface area contributed by atoms with Crippen LogP contribution in [-0.4, -0.2) is 87.4 Å². The van der Waals surface area contributed by atoms with Crippen LogP contribution in [0.3, 0.4) is 0 Å². The first-order valence-corrected chi connectivity index (χ1v) is 11.5. The van der Waals surface area contributed by atoms with Crippen molar-refractivity contribution < 1.29 is 34.5 Å². The van der Waals surface area contributed by atoms with Gasteiger partial charge in [0.05, 0.1) is 12.2 Å². The van der Waals surface area contributed by atoms with Crippen molar-refractivity contribution in [3.63, 3.8) is 0 Å². The second kappa shape index (κ2) is 14.2. The first-order chi connectivity index (χ1) is 14.3. The molecule has 0 saturated carbocycles. The Labute approximate surface area is 186 Å². The second-order valence-electron chi connectivity index (χ2n) is 7.86. The molecule has 0 aromatic carbocycles. The zero-order valence-corrected chi connectivity index (χ0v) is 19.4. The zero-order valence-electron chi connectivity index (χ0n) is 18.6.